The fourth-order valence-corrected chi connectivity index (χ4v) is 1.55. The molecule has 0 aliphatic carbocycles. The number of halogens is 1. The SMILES string of the molecule is Cc1nccn2c(I)cnc12. The average molecular weight is 259 g/mol. The molecule has 0 aliphatic heterocycles. The van der Waals surface area contributed by atoms with Crippen molar-refractivity contribution in [3.05, 3.63) is 28.0 Å². The number of hydrogen-bond acceptors (Lipinski definition) is 2. The van der Waals surface area contributed by atoms with Gasteiger partial charge in [-0.1, -0.05) is 0 Å². The zero-order chi connectivity index (χ0) is 7.84. The number of imidazole rings is 1. The normalized spacial score (nSPS) is 10.7. The van der Waals surface area contributed by atoms with Crippen LogP contribution < -0.4 is 0 Å². The highest BCUT2D eigenvalue weighted by Gasteiger charge is 2.01. The molecule has 56 valence electrons. The number of hydrogen-bond donors (Lipinski definition) is 0. The zero-order valence-electron chi connectivity index (χ0n) is 5.95. The Bertz CT molecular complexity index is 393. The van der Waals surface area contributed by atoms with Gasteiger partial charge in [0.25, 0.3) is 0 Å². The maximum absolute atomic E-state index is 4.21. The lowest BCUT2D eigenvalue weighted by molar-refractivity contribution is 1.06. The third-order valence-corrected chi connectivity index (χ3v) is 2.36. The Morgan fingerprint density at radius 1 is 1.45 bits per heavy atom. The van der Waals surface area contributed by atoms with Gasteiger partial charge in [-0.25, -0.2) is 4.98 Å². The molecule has 3 nitrogen and oxygen atoms in total. The van der Waals surface area contributed by atoms with Gasteiger partial charge >= 0.3 is 0 Å². The van der Waals surface area contributed by atoms with Crippen LogP contribution in [0.2, 0.25) is 0 Å². The number of nitrogens with zero attached hydrogens (tertiary/aromatic N) is 3. The molecule has 2 heterocycles. The largest absolute Gasteiger partial charge is 0.292 e. The van der Waals surface area contributed by atoms with Gasteiger partial charge in [0.2, 0.25) is 0 Å². The zero-order valence-corrected chi connectivity index (χ0v) is 8.11. The first-order chi connectivity index (χ1) is 5.29. The Morgan fingerprint density at radius 2 is 2.27 bits per heavy atom. The van der Waals surface area contributed by atoms with Crippen LogP contribution in [-0.4, -0.2) is 14.4 Å². The lowest BCUT2D eigenvalue weighted by Crippen LogP contribution is -1.91. The standard InChI is InChI=1S/C7H6IN3/c1-5-7-10-4-6(8)11(7)3-2-9-5/h2-4H,1H3. The van der Waals surface area contributed by atoms with Gasteiger partial charge in [-0.3, -0.25) is 9.38 Å². The van der Waals surface area contributed by atoms with Crippen LogP contribution >= 0.6 is 22.6 Å². The lowest BCUT2D eigenvalue weighted by atomic mass is 10.5. The van der Waals surface area contributed by atoms with Crippen molar-refractivity contribution in [2.45, 2.75) is 6.92 Å². The Hall–Kier alpha value is -0.650. The van der Waals surface area contributed by atoms with E-state index in [-0.39, 0.29) is 0 Å². The van der Waals surface area contributed by atoms with E-state index in [1.54, 1.807) is 6.20 Å². The van der Waals surface area contributed by atoms with Crippen molar-refractivity contribution in [3.63, 3.8) is 0 Å². The van der Waals surface area contributed by atoms with Gasteiger partial charge in [0.05, 0.1) is 11.9 Å². The predicted octanol–water partition coefficient (Wildman–Crippen LogP) is 1.64. The van der Waals surface area contributed by atoms with Crippen LogP contribution in [0.25, 0.3) is 5.65 Å². The molecular formula is C7H6IN3. The summed E-state index contributed by atoms with van der Waals surface area (Å²) < 4.78 is 3.13. The van der Waals surface area contributed by atoms with E-state index < -0.39 is 0 Å². The molecule has 4 heteroatoms. The van der Waals surface area contributed by atoms with E-state index in [0.717, 1.165) is 15.0 Å². The monoisotopic (exact) mass is 259 g/mol. The summed E-state index contributed by atoms with van der Waals surface area (Å²) in [5.41, 5.74) is 1.91. The van der Waals surface area contributed by atoms with Crippen molar-refractivity contribution < 1.29 is 0 Å². The molecule has 2 aromatic heterocycles. The molecule has 0 unspecified atom stereocenters. The van der Waals surface area contributed by atoms with E-state index in [1.807, 2.05) is 23.7 Å². The number of aromatic nitrogens is 3. The quantitative estimate of drug-likeness (QED) is 0.673. The van der Waals surface area contributed by atoms with Gasteiger partial charge in [-0.15, -0.1) is 0 Å². The predicted molar refractivity (Wildman–Crippen MR) is 50.4 cm³/mol. The van der Waals surface area contributed by atoms with Crippen LogP contribution in [0.3, 0.4) is 0 Å². The van der Waals surface area contributed by atoms with Gasteiger partial charge < -0.3 is 0 Å². The molecule has 0 fully saturated rings. The Kier molecular flexibility index (Phi) is 1.56. The van der Waals surface area contributed by atoms with E-state index in [9.17, 15) is 0 Å². The van der Waals surface area contributed by atoms with Crippen molar-refractivity contribution in [1.29, 1.82) is 0 Å². The summed E-state index contributed by atoms with van der Waals surface area (Å²) in [6, 6.07) is 0. The summed E-state index contributed by atoms with van der Waals surface area (Å²) in [5.74, 6) is 0. The molecule has 2 rings (SSSR count). The fraction of sp³-hybridized carbons (Fsp3) is 0.143. The summed E-state index contributed by atoms with van der Waals surface area (Å²) in [6.45, 7) is 1.96. The van der Waals surface area contributed by atoms with Gasteiger partial charge in [0, 0.05) is 12.4 Å². The highest BCUT2D eigenvalue weighted by molar-refractivity contribution is 14.1. The minimum atomic E-state index is 0.942. The first-order valence-electron chi connectivity index (χ1n) is 3.23. The summed E-state index contributed by atoms with van der Waals surface area (Å²) in [4.78, 5) is 8.34. The maximum Gasteiger partial charge on any atom is 0.159 e. The van der Waals surface area contributed by atoms with Gasteiger partial charge in [-0.2, -0.15) is 0 Å². The first kappa shape index (κ1) is 7.02. The Labute approximate surface area is 77.6 Å². The van der Waals surface area contributed by atoms with E-state index in [1.165, 1.54) is 0 Å². The Balaban J connectivity index is 2.94. The summed E-state index contributed by atoms with van der Waals surface area (Å²) in [5, 5.41) is 0. The molecule has 0 aromatic carbocycles. The number of aryl methyl sites for hydroxylation is 1. The molecule has 0 atom stereocenters. The van der Waals surface area contributed by atoms with Crippen molar-refractivity contribution in [1.82, 2.24) is 14.4 Å². The van der Waals surface area contributed by atoms with Crippen LogP contribution in [0.4, 0.5) is 0 Å². The summed E-state index contributed by atoms with van der Waals surface area (Å²) in [7, 11) is 0. The second kappa shape index (κ2) is 2.44. The smallest absolute Gasteiger partial charge is 0.159 e. The third kappa shape index (κ3) is 1.01. The number of rotatable bonds is 0. The van der Waals surface area contributed by atoms with Crippen molar-refractivity contribution in [2.24, 2.45) is 0 Å². The van der Waals surface area contributed by atoms with Crippen molar-refractivity contribution in [2.75, 3.05) is 0 Å². The van der Waals surface area contributed by atoms with Crippen LogP contribution in [0.15, 0.2) is 18.6 Å². The molecule has 0 amide bonds. The highest BCUT2D eigenvalue weighted by Crippen LogP contribution is 2.09. The first-order valence-corrected chi connectivity index (χ1v) is 4.31. The third-order valence-electron chi connectivity index (χ3n) is 1.56. The van der Waals surface area contributed by atoms with Gasteiger partial charge in [0.1, 0.15) is 3.70 Å². The fourth-order valence-electron chi connectivity index (χ4n) is 1.02. The minimum Gasteiger partial charge on any atom is -0.292 e. The van der Waals surface area contributed by atoms with Crippen molar-refractivity contribution >= 4 is 28.2 Å². The maximum atomic E-state index is 4.21. The van der Waals surface area contributed by atoms with Crippen LogP contribution in [-0.2, 0) is 0 Å². The van der Waals surface area contributed by atoms with E-state index in [0.29, 0.717) is 0 Å². The molecule has 11 heavy (non-hydrogen) atoms. The molecule has 0 spiro atoms. The number of fused-ring (bicyclic) bond motifs is 1. The van der Waals surface area contributed by atoms with Gasteiger partial charge in [0.15, 0.2) is 5.65 Å². The summed E-state index contributed by atoms with van der Waals surface area (Å²) >= 11 is 2.24. The van der Waals surface area contributed by atoms with Crippen LogP contribution in [0.5, 0.6) is 0 Å². The molecular weight excluding hydrogens is 253 g/mol. The highest BCUT2D eigenvalue weighted by atomic mass is 127. The molecule has 0 saturated carbocycles. The molecule has 0 saturated heterocycles. The van der Waals surface area contributed by atoms with Crippen LogP contribution in [0, 0.1) is 10.6 Å². The topological polar surface area (TPSA) is 30.2 Å². The molecule has 0 radical (unpaired) electrons. The van der Waals surface area contributed by atoms with Crippen LogP contribution in [0.1, 0.15) is 5.69 Å². The minimum absolute atomic E-state index is 0.942. The van der Waals surface area contributed by atoms with E-state index >= 15 is 0 Å². The molecule has 0 aliphatic rings. The second-order valence-electron chi connectivity index (χ2n) is 2.29. The van der Waals surface area contributed by atoms with E-state index in [4.69, 9.17) is 0 Å². The molecule has 2 aromatic rings. The summed E-state index contributed by atoms with van der Waals surface area (Å²) in [6.07, 6.45) is 5.54. The molecule has 0 bridgehead atoms. The lowest BCUT2D eigenvalue weighted by Gasteiger charge is -1.95. The second-order valence-corrected chi connectivity index (χ2v) is 3.39. The molecule has 0 N–H and O–H groups in total. The Morgan fingerprint density at radius 3 is 3.00 bits per heavy atom. The van der Waals surface area contributed by atoms with E-state index in [2.05, 4.69) is 32.6 Å². The van der Waals surface area contributed by atoms with Gasteiger partial charge in [-0.05, 0) is 29.5 Å². The van der Waals surface area contributed by atoms with Crippen molar-refractivity contribution in [3.8, 4) is 0 Å². The average Bonchev–Trinajstić information content (AvgIpc) is 2.35.